The number of Topliss-reactive ketones (excluding diaryl/α,β-unsaturated/α-hetero) is 1. The van der Waals surface area contributed by atoms with E-state index in [2.05, 4.69) is 87.8 Å². The molecule has 0 aromatic carbocycles. The zero-order valence-corrected chi connectivity index (χ0v) is 44.6. The van der Waals surface area contributed by atoms with Gasteiger partial charge in [0.25, 0.3) is 0 Å². The van der Waals surface area contributed by atoms with Gasteiger partial charge in [0.05, 0.1) is 73.8 Å². The number of carbonyl (C=O) groups excluding carboxylic acids is 1. The van der Waals surface area contributed by atoms with Crippen LogP contribution in [0.15, 0.2) is 24.3 Å². The van der Waals surface area contributed by atoms with Crippen molar-refractivity contribution in [2.45, 2.75) is 272 Å². The lowest BCUT2D eigenvalue weighted by molar-refractivity contribution is -0.292. The molecule has 0 N–H and O–H groups in total. The summed E-state index contributed by atoms with van der Waals surface area (Å²) in [4.78, 5) is 14.6. The van der Waals surface area contributed by atoms with Crippen LogP contribution in [0.2, 0.25) is 36.3 Å². The Kier molecular flexibility index (Phi) is 14.1. The van der Waals surface area contributed by atoms with Gasteiger partial charge in [0.15, 0.2) is 22.4 Å². The predicted octanol–water partition coefficient (Wildman–Crippen LogP) is 9.53. The van der Waals surface area contributed by atoms with Crippen molar-refractivity contribution in [1.29, 1.82) is 0 Å². The van der Waals surface area contributed by atoms with Crippen molar-refractivity contribution in [3.63, 3.8) is 0 Å². The van der Waals surface area contributed by atoms with E-state index in [0.717, 1.165) is 56.1 Å². The lowest BCUT2D eigenvalue weighted by Gasteiger charge is -2.47. The molecule has 10 rings (SSSR count). The summed E-state index contributed by atoms with van der Waals surface area (Å²) < 4.78 is 76.0. The van der Waals surface area contributed by atoms with Gasteiger partial charge in [-0.1, -0.05) is 61.6 Å². The number of carbonyl (C=O) groups is 1. The third kappa shape index (κ3) is 9.87. The quantitative estimate of drug-likeness (QED) is 0.170. The van der Waals surface area contributed by atoms with Crippen LogP contribution in [0.3, 0.4) is 0 Å². The summed E-state index contributed by atoms with van der Waals surface area (Å²) in [5.74, 6) is -0.554. The van der Waals surface area contributed by atoms with Gasteiger partial charge in [-0.15, -0.1) is 0 Å². The zero-order valence-electron chi connectivity index (χ0n) is 42.6. The molecule has 10 heterocycles. The van der Waals surface area contributed by atoms with Gasteiger partial charge in [-0.05, 0) is 98.3 Å². The van der Waals surface area contributed by atoms with E-state index in [9.17, 15) is 4.79 Å². The second-order valence-corrected chi connectivity index (χ2v) is 34.7. The van der Waals surface area contributed by atoms with Crippen LogP contribution in [-0.4, -0.2) is 140 Å². The Morgan fingerprint density at radius 1 is 0.697 bits per heavy atom. The van der Waals surface area contributed by atoms with Gasteiger partial charge in [0.2, 0.25) is 0 Å². The number of hydrogen-bond donors (Lipinski definition) is 0. The molecule has 14 heteroatoms. The minimum absolute atomic E-state index is 0.00884. The van der Waals surface area contributed by atoms with E-state index in [4.69, 9.17) is 51.5 Å². The summed E-state index contributed by atoms with van der Waals surface area (Å²) in [5.41, 5.74) is 2.25. The Labute approximate surface area is 398 Å². The highest BCUT2D eigenvalue weighted by atomic mass is 28.4. The molecule has 12 nitrogen and oxygen atoms in total. The predicted molar refractivity (Wildman–Crippen MR) is 256 cm³/mol. The van der Waals surface area contributed by atoms with Crippen LogP contribution in [0.1, 0.15) is 132 Å². The SMILES string of the molecule is C=C1CC2CC[C@@]34C[C@H]5OC6C(O3)[C@H]3OC(CCC3O[C@H]6C5O4)CC(=O)CC3[C@@H](OC)C(CC(CO[Si](C)(C)C(C)(C)C)O[Si](C)(C)C(C)(C)C)O[C@H]3CC3OC(CCC1O2)CC(C)C3=C. The van der Waals surface area contributed by atoms with Crippen molar-refractivity contribution in [2.24, 2.45) is 11.8 Å². The van der Waals surface area contributed by atoms with Crippen LogP contribution in [0.4, 0.5) is 0 Å². The molecule has 10 aliphatic heterocycles. The third-order valence-corrected chi connectivity index (χ3v) is 27.4. The molecule has 1 spiro atoms. The molecule has 0 aromatic heterocycles. The lowest BCUT2D eigenvalue weighted by Crippen LogP contribution is -2.61. The summed E-state index contributed by atoms with van der Waals surface area (Å²) in [6, 6.07) is 0. The maximum absolute atomic E-state index is 14.6. The average molecular weight is 959 g/mol. The molecule has 66 heavy (non-hydrogen) atoms. The van der Waals surface area contributed by atoms with E-state index in [1.54, 1.807) is 7.11 Å². The summed E-state index contributed by atoms with van der Waals surface area (Å²) in [6.45, 7) is 34.8. The minimum Gasteiger partial charge on any atom is -0.414 e. The van der Waals surface area contributed by atoms with Gasteiger partial charge in [0.1, 0.15) is 36.3 Å². The van der Waals surface area contributed by atoms with E-state index in [1.807, 2.05) is 0 Å². The summed E-state index contributed by atoms with van der Waals surface area (Å²) in [7, 11) is -2.55. The van der Waals surface area contributed by atoms with Crippen molar-refractivity contribution in [3.05, 3.63) is 24.3 Å². The molecular formula is C52H86O12Si2. The zero-order chi connectivity index (χ0) is 47.3. The number of ketones is 1. The molecule has 10 saturated heterocycles. The molecule has 10 aliphatic rings. The number of rotatable bonds is 8. The highest BCUT2D eigenvalue weighted by Crippen LogP contribution is 2.55. The topological polar surface area (TPSA) is 119 Å². The van der Waals surface area contributed by atoms with E-state index >= 15 is 0 Å². The van der Waals surface area contributed by atoms with Crippen molar-refractivity contribution >= 4 is 22.4 Å². The minimum atomic E-state index is -2.22. The molecule has 0 radical (unpaired) electrons. The Hall–Kier alpha value is -0.856. The Morgan fingerprint density at radius 3 is 2.09 bits per heavy atom. The first kappa shape index (κ1) is 50.1. The first-order valence-electron chi connectivity index (χ1n) is 25.9. The Bertz CT molecular complexity index is 1790. The van der Waals surface area contributed by atoms with Crippen LogP contribution in [0.5, 0.6) is 0 Å². The monoisotopic (exact) mass is 959 g/mol. The van der Waals surface area contributed by atoms with Crippen molar-refractivity contribution in [3.8, 4) is 0 Å². The molecule has 0 amide bonds. The van der Waals surface area contributed by atoms with Crippen LogP contribution in [-0.2, 0) is 56.3 Å². The van der Waals surface area contributed by atoms with Gasteiger partial charge in [-0.25, -0.2) is 0 Å². The standard InChI is InChI=1S/C52H86O12Si2/c1-29-21-33-15-17-38-30(2)22-35(56-38)19-20-52-27-43-46(62-52)47-48(61-43)49(63-52)45-39(60-47)18-16-34(58-45)23-32(53)24-37-41(26-40(57-33)31(29)3)59-42(44(37)54-10)25-36(64-66(13,14)51(7,8)9)28-55-65(11,12)50(4,5)6/h29,33-49H,2-3,15-28H2,1,4-14H3/t29?,33?,34?,35?,36?,37?,38?,39?,40?,41-,42?,43+,44+,45-,46?,47-,48?,49?,52-/m0/s1. The fraction of sp³-hybridized carbons (Fsp3) is 0.904. The molecular weight excluding hydrogens is 873 g/mol. The highest BCUT2D eigenvalue weighted by molar-refractivity contribution is 6.74. The molecule has 19 atom stereocenters. The third-order valence-electron chi connectivity index (χ3n) is 18.4. The van der Waals surface area contributed by atoms with Crippen LogP contribution < -0.4 is 0 Å². The summed E-state index contributed by atoms with van der Waals surface area (Å²) >= 11 is 0. The average Bonchev–Trinajstić information content (AvgIpc) is 3.90. The molecule has 10 fully saturated rings. The van der Waals surface area contributed by atoms with Crippen molar-refractivity contribution in [2.75, 3.05) is 13.7 Å². The Balaban J connectivity index is 0.993. The van der Waals surface area contributed by atoms with Gasteiger partial charge in [0, 0.05) is 51.6 Å². The first-order valence-corrected chi connectivity index (χ1v) is 31.8. The number of ether oxygens (including phenoxy) is 9. The second kappa shape index (κ2) is 18.6. The largest absolute Gasteiger partial charge is 0.414 e. The fourth-order valence-electron chi connectivity index (χ4n) is 12.4. The van der Waals surface area contributed by atoms with Crippen LogP contribution >= 0.6 is 0 Å². The maximum atomic E-state index is 14.6. The summed E-state index contributed by atoms with van der Waals surface area (Å²) in [6.07, 6.45) is 5.96. The molecule has 374 valence electrons. The van der Waals surface area contributed by atoms with E-state index in [1.165, 1.54) is 0 Å². The highest BCUT2D eigenvalue weighted by Gasteiger charge is 2.69. The number of hydrogen-bond acceptors (Lipinski definition) is 12. The van der Waals surface area contributed by atoms with E-state index in [0.29, 0.717) is 45.1 Å². The van der Waals surface area contributed by atoms with E-state index in [-0.39, 0.29) is 125 Å². The van der Waals surface area contributed by atoms with Gasteiger partial charge < -0.3 is 51.5 Å². The van der Waals surface area contributed by atoms with Crippen molar-refractivity contribution in [1.82, 2.24) is 0 Å². The number of methoxy groups -OCH3 is 1. The number of fused-ring (bicyclic) bond motifs is 6. The van der Waals surface area contributed by atoms with Gasteiger partial charge in [-0.3, -0.25) is 4.79 Å². The van der Waals surface area contributed by atoms with Gasteiger partial charge >= 0.3 is 0 Å². The first-order chi connectivity index (χ1) is 30.9. The second-order valence-electron chi connectivity index (χ2n) is 25.1. The smallest absolute Gasteiger partial charge is 0.192 e. The van der Waals surface area contributed by atoms with Crippen LogP contribution in [0.25, 0.3) is 0 Å². The maximum Gasteiger partial charge on any atom is 0.192 e. The molecule has 0 aliphatic carbocycles. The normalized spacial score (nSPS) is 44.9. The molecule has 12 bridgehead atoms. The fourth-order valence-corrected chi connectivity index (χ4v) is 14.8. The van der Waals surface area contributed by atoms with Crippen molar-refractivity contribution < 1.29 is 56.3 Å². The molecule has 0 saturated carbocycles. The van der Waals surface area contributed by atoms with Gasteiger partial charge in [-0.2, -0.15) is 0 Å². The Morgan fingerprint density at radius 2 is 1.36 bits per heavy atom. The van der Waals surface area contributed by atoms with E-state index < -0.39 is 22.4 Å². The molecule has 13 unspecified atom stereocenters. The lowest BCUT2D eigenvalue weighted by atomic mass is 9.81. The molecule has 0 aromatic rings. The summed E-state index contributed by atoms with van der Waals surface area (Å²) in [5, 5.41) is 0.0634. The van der Waals surface area contributed by atoms with Crippen LogP contribution in [0, 0.1) is 11.8 Å².